The molecule has 1 saturated heterocycles. The number of halogens is 1. The van der Waals surface area contributed by atoms with Gasteiger partial charge in [0, 0.05) is 17.6 Å². The third-order valence-electron chi connectivity index (χ3n) is 3.32. The number of amides is 1. The molecule has 1 amide bonds. The highest BCUT2D eigenvalue weighted by Crippen LogP contribution is 2.15. The highest BCUT2D eigenvalue weighted by Gasteiger charge is 2.14. The highest BCUT2D eigenvalue weighted by molar-refractivity contribution is 9.10. The predicted molar refractivity (Wildman–Crippen MR) is 90.4 cm³/mol. The van der Waals surface area contributed by atoms with Gasteiger partial charge in [0.15, 0.2) is 11.7 Å². The van der Waals surface area contributed by atoms with Gasteiger partial charge in [0.2, 0.25) is 0 Å². The lowest BCUT2D eigenvalue weighted by Gasteiger charge is -2.23. The van der Waals surface area contributed by atoms with Crippen molar-refractivity contribution in [3.63, 3.8) is 0 Å². The molecule has 6 heteroatoms. The standard InChI is InChI=1S/C15H19BrN2O2S/c16-12-5-7-13(8-6-12)20-11-14(19)17-15(21)18-9-3-1-2-4-10-18/h5-8H,1-4,9-11H2,(H,17,19,21). The second-order valence-corrected chi connectivity index (χ2v) is 6.30. The summed E-state index contributed by atoms with van der Waals surface area (Å²) in [5, 5.41) is 3.26. The largest absolute Gasteiger partial charge is 0.484 e. The first-order valence-electron chi connectivity index (χ1n) is 7.12. The molecule has 0 spiro atoms. The fourth-order valence-corrected chi connectivity index (χ4v) is 2.75. The van der Waals surface area contributed by atoms with E-state index in [1.807, 2.05) is 24.3 Å². The van der Waals surface area contributed by atoms with Crippen LogP contribution in [-0.4, -0.2) is 35.6 Å². The smallest absolute Gasteiger partial charge is 0.264 e. The number of benzene rings is 1. The molecule has 1 heterocycles. The number of ether oxygens (including phenoxy) is 1. The van der Waals surface area contributed by atoms with Crippen molar-refractivity contribution in [3.05, 3.63) is 28.7 Å². The molecular weight excluding hydrogens is 352 g/mol. The van der Waals surface area contributed by atoms with Gasteiger partial charge in [0.1, 0.15) is 5.75 Å². The van der Waals surface area contributed by atoms with Crippen molar-refractivity contribution in [2.75, 3.05) is 19.7 Å². The molecule has 2 rings (SSSR count). The first kappa shape index (κ1) is 16.2. The Balaban J connectivity index is 1.75. The maximum atomic E-state index is 11.9. The monoisotopic (exact) mass is 370 g/mol. The lowest BCUT2D eigenvalue weighted by atomic mass is 10.2. The van der Waals surface area contributed by atoms with E-state index < -0.39 is 0 Å². The fourth-order valence-electron chi connectivity index (χ4n) is 2.19. The molecule has 0 saturated carbocycles. The van der Waals surface area contributed by atoms with Crippen molar-refractivity contribution in [3.8, 4) is 5.75 Å². The Kier molecular flexibility index (Phi) is 6.45. The van der Waals surface area contributed by atoms with Crippen molar-refractivity contribution in [2.45, 2.75) is 25.7 Å². The zero-order valence-electron chi connectivity index (χ0n) is 11.8. The molecule has 0 unspecified atom stereocenters. The molecule has 0 atom stereocenters. The third kappa shape index (κ3) is 5.63. The molecule has 1 aliphatic rings. The minimum absolute atomic E-state index is 0.0321. The average Bonchev–Trinajstić information content (AvgIpc) is 2.76. The second kappa shape index (κ2) is 8.34. The molecule has 21 heavy (non-hydrogen) atoms. The Bertz CT molecular complexity index is 485. The Hall–Kier alpha value is -1.14. The summed E-state index contributed by atoms with van der Waals surface area (Å²) in [7, 11) is 0. The van der Waals surface area contributed by atoms with E-state index in [2.05, 4.69) is 26.1 Å². The van der Waals surface area contributed by atoms with Gasteiger partial charge in [-0.15, -0.1) is 0 Å². The lowest BCUT2D eigenvalue weighted by molar-refractivity contribution is -0.121. The van der Waals surface area contributed by atoms with Crippen LogP contribution in [0.2, 0.25) is 0 Å². The van der Waals surface area contributed by atoms with E-state index in [1.165, 1.54) is 12.8 Å². The van der Waals surface area contributed by atoms with Crippen LogP contribution in [-0.2, 0) is 4.79 Å². The van der Waals surface area contributed by atoms with E-state index >= 15 is 0 Å². The van der Waals surface area contributed by atoms with Crippen molar-refractivity contribution >= 4 is 39.2 Å². The van der Waals surface area contributed by atoms with Crippen LogP contribution >= 0.6 is 28.1 Å². The molecule has 1 aromatic rings. The molecule has 0 aromatic heterocycles. The average molecular weight is 371 g/mol. The van der Waals surface area contributed by atoms with E-state index in [-0.39, 0.29) is 12.5 Å². The second-order valence-electron chi connectivity index (χ2n) is 5.00. The van der Waals surface area contributed by atoms with Gasteiger partial charge in [-0.1, -0.05) is 28.8 Å². The Morgan fingerprint density at radius 1 is 1.19 bits per heavy atom. The number of hydrogen-bond donors (Lipinski definition) is 1. The molecule has 114 valence electrons. The zero-order chi connectivity index (χ0) is 15.1. The number of hydrogen-bond acceptors (Lipinski definition) is 3. The molecule has 1 aromatic carbocycles. The van der Waals surface area contributed by atoms with Gasteiger partial charge in [-0.2, -0.15) is 0 Å². The van der Waals surface area contributed by atoms with Gasteiger partial charge in [0.25, 0.3) is 5.91 Å². The summed E-state index contributed by atoms with van der Waals surface area (Å²) >= 11 is 8.64. The summed E-state index contributed by atoms with van der Waals surface area (Å²) in [4.78, 5) is 13.9. The van der Waals surface area contributed by atoms with Crippen LogP contribution in [0.1, 0.15) is 25.7 Å². The fraction of sp³-hybridized carbons (Fsp3) is 0.467. The highest BCUT2D eigenvalue weighted by atomic mass is 79.9. The molecule has 1 N–H and O–H groups in total. The lowest BCUT2D eigenvalue weighted by Crippen LogP contribution is -2.44. The van der Waals surface area contributed by atoms with Gasteiger partial charge in [-0.05, 0) is 49.3 Å². The molecule has 1 fully saturated rings. The van der Waals surface area contributed by atoms with Crippen LogP contribution in [0.15, 0.2) is 28.7 Å². The van der Waals surface area contributed by atoms with Gasteiger partial charge in [-0.3, -0.25) is 4.79 Å². The number of rotatable bonds is 3. The summed E-state index contributed by atoms with van der Waals surface area (Å²) in [6.45, 7) is 1.81. The molecule has 4 nitrogen and oxygen atoms in total. The minimum Gasteiger partial charge on any atom is -0.484 e. The molecule has 1 aliphatic heterocycles. The van der Waals surface area contributed by atoms with Crippen LogP contribution in [0.5, 0.6) is 5.75 Å². The molecule has 0 radical (unpaired) electrons. The Labute approximate surface area is 139 Å². The summed E-state index contributed by atoms with van der Waals surface area (Å²) < 4.78 is 6.40. The number of thiocarbonyl (C=S) groups is 1. The summed E-state index contributed by atoms with van der Waals surface area (Å²) in [5.41, 5.74) is 0. The van der Waals surface area contributed by atoms with Crippen LogP contribution in [0.25, 0.3) is 0 Å². The van der Waals surface area contributed by atoms with Gasteiger partial charge >= 0.3 is 0 Å². The Morgan fingerprint density at radius 3 is 2.43 bits per heavy atom. The normalized spacial score (nSPS) is 15.2. The maximum absolute atomic E-state index is 11.9. The van der Waals surface area contributed by atoms with Crippen LogP contribution in [0.3, 0.4) is 0 Å². The van der Waals surface area contributed by atoms with Gasteiger partial charge in [0.05, 0.1) is 0 Å². The molecular formula is C15H19BrN2O2S. The molecule has 0 bridgehead atoms. The van der Waals surface area contributed by atoms with Crippen molar-refractivity contribution < 1.29 is 9.53 Å². The van der Waals surface area contributed by atoms with Crippen LogP contribution < -0.4 is 10.1 Å². The summed E-state index contributed by atoms with van der Waals surface area (Å²) in [5.74, 6) is 0.446. The SMILES string of the molecule is O=C(COc1ccc(Br)cc1)NC(=S)N1CCCCCC1. The van der Waals surface area contributed by atoms with E-state index in [0.29, 0.717) is 10.9 Å². The summed E-state index contributed by atoms with van der Waals surface area (Å²) in [6, 6.07) is 7.36. The third-order valence-corrected chi connectivity index (χ3v) is 4.21. The van der Waals surface area contributed by atoms with Crippen molar-refractivity contribution in [1.82, 2.24) is 10.2 Å². The first-order valence-corrected chi connectivity index (χ1v) is 8.32. The number of likely N-dealkylation sites (tertiary alicyclic amines) is 1. The number of nitrogens with zero attached hydrogens (tertiary/aromatic N) is 1. The van der Waals surface area contributed by atoms with Gasteiger partial charge < -0.3 is 15.0 Å². The topological polar surface area (TPSA) is 41.6 Å². The van der Waals surface area contributed by atoms with Gasteiger partial charge in [-0.25, -0.2) is 0 Å². The van der Waals surface area contributed by atoms with E-state index in [1.54, 1.807) is 0 Å². The number of carbonyl (C=O) groups excluding carboxylic acids is 1. The van der Waals surface area contributed by atoms with Crippen LogP contribution in [0.4, 0.5) is 0 Å². The summed E-state index contributed by atoms with van der Waals surface area (Å²) in [6.07, 6.45) is 4.73. The first-order chi connectivity index (χ1) is 10.1. The van der Waals surface area contributed by atoms with Crippen molar-refractivity contribution in [1.29, 1.82) is 0 Å². The quantitative estimate of drug-likeness (QED) is 0.830. The number of nitrogens with one attached hydrogen (secondary N) is 1. The maximum Gasteiger partial charge on any atom is 0.264 e. The minimum atomic E-state index is -0.216. The Morgan fingerprint density at radius 2 is 1.81 bits per heavy atom. The number of carbonyl (C=O) groups is 1. The molecule has 0 aliphatic carbocycles. The van der Waals surface area contributed by atoms with Crippen molar-refractivity contribution in [2.24, 2.45) is 0 Å². The van der Waals surface area contributed by atoms with E-state index in [4.69, 9.17) is 17.0 Å². The zero-order valence-corrected chi connectivity index (χ0v) is 14.2. The van der Waals surface area contributed by atoms with E-state index in [0.717, 1.165) is 30.4 Å². The predicted octanol–water partition coefficient (Wildman–Crippen LogP) is 3.11. The van der Waals surface area contributed by atoms with Crippen LogP contribution in [0, 0.1) is 0 Å². The van der Waals surface area contributed by atoms with E-state index in [9.17, 15) is 4.79 Å².